The highest BCUT2D eigenvalue weighted by molar-refractivity contribution is 7.92. The molecule has 0 amide bonds. The lowest BCUT2D eigenvalue weighted by Crippen LogP contribution is -2.30. The topological polar surface area (TPSA) is 46.6 Å². The average Bonchev–Trinajstić information content (AvgIpc) is 2.46. The first-order valence-corrected chi connectivity index (χ1v) is 9.06. The summed E-state index contributed by atoms with van der Waals surface area (Å²) in [5.74, 6) is 0.445. The Labute approximate surface area is 142 Å². The summed E-state index contributed by atoms with van der Waals surface area (Å²) in [6.45, 7) is 6.03. The van der Waals surface area contributed by atoms with Gasteiger partial charge in [0.15, 0.2) is 0 Å². The maximum Gasteiger partial charge on any atom is 0.264 e. The number of methoxy groups -OCH3 is 1. The van der Waals surface area contributed by atoms with Gasteiger partial charge in [-0.2, -0.15) is 0 Å². The molecule has 2 aromatic carbocycles. The maximum atomic E-state index is 13.0. The van der Waals surface area contributed by atoms with Crippen molar-refractivity contribution in [1.29, 1.82) is 0 Å². The molecule has 124 valence electrons. The fourth-order valence-corrected chi connectivity index (χ4v) is 4.33. The van der Waals surface area contributed by atoms with E-state index in [0.717, 1.165) is 11.1 Å². The molecule has 6 heteroatoms. The third-order valence-corrected chi connectivity index (χ3v) is 5.69. The van der Waals surface area contributed by atoms with Gasteiger partial charge < -0.3 is 4.74 Å². The molecule has 0 aliphatic heterocycles. The Balaban J connectivity index is 2.53. The first kappa shape index (κ1) is 17.6. The van der Waals surface area contributed by atoms with Crippen molar-refractivity contribution in [2.45, 2.75) is 25.7 Å². The molecule has 0 aliphatic carbocycles. The van der Waals surface area contributed by atoms with Gasteiger partial charge in [0.25, 0.3) is 10.0 Å². The fraction of sp³-hybridized carbons (Fsp3) is 0.294. The average molecular weight is 354 g/mol. The van der Waals surface area contributed by atoms with Gasteiger partial charge in [0.05, 0.1) is 22.7 Å². The van der Waals surface area contributed by atoms with E-state index in [1.165, 1.54) is 23.5 Å². The summed E-state index contributed by atoms with van der Waals surface area (Å²) in [4.78, 5) is 0.143. The van der Waals surface area contributed by atoms with E-state index in [2.05, 4.69) is 0 Å². The van der Waals surface area contributed by atoms with Crippen molar-refractivity contribution in [3.8, 4) is 5.75 Å². The zero-order valence-electron chi connectivity index (χ0n) is 13.6. The van der Waals surface area contributed by atoms with Crippen LogP contribution in [-0.4, -0.2) is 22.1 Å². The number of anilines is 1. The van der Waals surface area contributed by atoms with Crippen molar-refractivity contribution in [2.24, 2.45) is 0 Å². The molecule has 0 bridgehead atoms. The van der Waals surface area contributed by atoms with Crippen molar-refractivity contribution in [3.05, 3.63) is 52.5 Å². The maximum absolute atomic E-state index is 13.0. The van der Waals surface area contributed by atoms with Gasteiger partial charge in [-0.25, -0.2) is 8.42 Å². The Morgan fingerprint density at radius 2 is 1.70 bits per heavy atom. The van der Waals surface area contributed by atoms with E-state index in [9.17, 15) is 8.42 Å². The van der Waals surface area contributed by atoms with E-state index in [4.69, 9.17) is 16.3 Å². The minimum Gasteiger partial charge on any atom is -0.495 e. The number of sulfonamides is 1. The Bertz CT molecular complexity index is 798. The number of rotatable bonds is 5. The van der Waals surface area contributed by atoms with Gasteiger partial charge >= 0.3 is 0 Å². The van der Waals surface area contributed by atoms with Gasteiger partial charge in [0, 0.05) is 6.54 Å². The van der Waals surface area contributed by atoms with Crippen LogP contribution in [0.5, 0.6) is 5.75 Å². The molecule has 2 aromatic rings. The van der Waals surface area contributed by atoms with E-state index in [1.807, 2.05) is 32.0 Å². The quantitative estimate of drug-likeness (QED) is 0.810. The molecule has 0 heterocycles. The third kappa shape index (κ3) is 3.62. The van der Waals surface area contributed by atoms with E-state index in [1.54, 1.807) is 13.0 Å². The second kappa shape index (κ2) is 6.81. The lowest BCUT2D eigenvalue weighted by Gasteiger charge is -2.24. The first-order chi connectivity index (χ1) is 10.8. The highest BCUT2D eigenvalue weighted by Gasteiger charge is 2.24. The van der Waals surface area contributed by atoms with Gasteiger partial charge in [0.1, 0.15) is 5.75 Å². The SMILES string of the molecule is CCN(c1cc(C)cc(C)c1)S(=O)(=O)c1ccc(OC)c(Cl)c1. The Morgan fingerprint density at radius 3 is 2.17 bits per heavy atom. The van der Waals surface area contributed by atoms with Crippen LogP contribution in [0, 0.1) is 13.8 Å². The van der Waals surface area contributed by atoms with Crippen LogP contribution in [0.2, 0.25) is 5.02 Å². The lowest BCUT2D eigenvalue weighted by molar-refractivity contribution is 0.414. The van der Waals surface area contributed by atoms with Crippen LogP contribution in [0.25, 0.3) is 0 Å². The predicted molar refractivity (Wildman–Crippen MR) is 94.1 cm³/mol. The minimum absolute atomic E-state index is 0.143. The summed E-state index contributed by atoms with van der Waals surface area (Å²) in [6, 6.07) is 10.2. The van der Waals surface area contributed by atoms with Crippen LogP contribution in [0.4, 0.5) is 5.69 Å². The van der Waals surface area contributed by atoms with E-state index < -0.39 is 10.0 Å². The number of ether oxygens (including phenoxy) is 1. The molecule has 0 N–H and O–H groups in total. The van der Waals surface area contributed by atoms with Crippen LogP contribution in [0.1, 0.15) is 18.1 Å². The Morgan fingerprint density at radius 1 is 1.09 bits per heavy atom. The second-order valence-electron chi connectivity index (χ2n) is 5.31. The van der Waals surface area contributed by atoms with Crippen LogP contribution in [0.15, 0.2) is 41.3 Å². The molecule has 23 heavy (non-hydrogen) atoms. The molecule has 4 nitrogen and oxygen atoms in total. The van der Waals surface area contributed by atoms with Crippen LogP contribution < -0.4 is 9.04 Å². The molecule has 0 aromatic heterocycles. The standard InChI is InChI=1S/C17H20ClNO3S/c1-5-19(14-9-12(2)8-13(3)10-14)23(20,21)15-6-7-17(22-4)16(18)11-15/h6-11H,5H2,1-4H3. The van der Waals surface area contributed by atoms with E-state index >= 15 is 0 Å². The largest absolute Gasteiger partial charge is 0.495 e. The van der Waals surface area contributed by atoms with Crippen LogP contribution >= 0.6 is 11.6 Å². The van der Waals surface area contributed by atoms with Crippen molar-refractivity contribution >= 4 is 27.3 Å². The van der Waals surface area contributed by atoms with Crippen molar-refractivity contribution < 1.29 is 13.2 Å². The van der Waals surface area contributed by atoms with E-state index in [0.29, 0.717) is 18.0 Å². The Hall–Kier alpha value is -1.72. The summed E-state index contributed by atoms with van der Waals surface area (Å²) in [5, 5.41) is 0.269. The summed E-state index contributed by atoms with van der Waals surface area (Å²) >= 11 is 6.07. The smallest absolute Gasteiger partial charge is 0.264 e. The predicted octanol–water partition coefficient (Wildman–Crippen LogP) is 4.18. The second-order valence-corrected chi connectivity index (χ2v) is 7.58. The highest BCUT2D eigenvalue weighted by atomic mass is 35.5. The molecule has 0 unspecified atom stereocenters. The number of hydrogen-bond acceptors (Lipinski definition) is 3. The molecule has 0 saturated heterocycles. The molecule has 0 radical (unpaired) electrons. The normalized spacial score (nSPS) is 11.3. The first-order valence-electron chi connectivity index (χ1n) is 7.24. The van der Waals surface area contributed by atoms with Crippen molar-refractivity contribution in [3.63, 3.8) is 0 Å². The minimum atomic E-state index is -3.69. The summed E-state index contributed by atoms with van der Waals surface area (Å²) in [7, 11) is -2.20. The van der Waals surface area contributed by atoms with Gasteiger partial charge in [-0.15, -0.1) is 0 Å². The summed E-state index contributed by atoms with van der Waals surface area (Å²) in [6.07, 6.45) is 0. The number of nitrogens with zero attached hydrogens (tertiary/aromatic N) is 1. The van der Waals surface area contributed by atoms with E-state index in [-0.39, 0.29) is 9.92 Å². The highest BCUT2D eigenvalue weighted by Crippen LogP contribution is 2.30. The molecule has 0 atom stereocenters. The molecule has 0 aliphatic rings. The van der Waals surface area contributed by atoms with Gasteiger partial charge in [0.2, 0.25) is 0 Å². The third-order valence-electron chi connectivity index (χ3n) is 3.49. The molecule has 0 saturated carbocycles. The molecular formula is C17H20ClNO3S. The molecule has 2 rings (SSSR count). The van der Waals surface area contributed by atoms with Crippen molar-refractivity contribution in [1.82, 2.24) is 0 Å². The molecule has 0 fully saturated rings. The Kier molecular flexibility index (Phi) is 5.22. The van der Waals surface area contributed by atoms with Crippen molar-refractivity contribution in [2.75, 3.05) is 18.0 Å². The zero-order chi connectivity index (χ0) is 17.2. The zero-order valence-corrected chi connectivity index (χ0v) is 15.2. The van der Waals surface area contributed by atoms with Gasteiger partial charge in [-0.1, -0.05) is 17.7 Å². The fourth-order valence-electron chi connectivity index (χ4n) is 2.52. The van der Waals surface area contributed by atoms with Crippen LogP contribution in [0.3, 0.4) is 0 Å². The number of aryl methyl sites for hydroxylation is 2. The van der Waals surface area contributed by atoms with Gasteiger partial charge in [-0.05, 0) is 62.2 Å². The monoisotopic (exact) mass is 353 g/mol. The number of halogens is 1. The number of benzene rings is 2. The molecular weight excluding hydrogens is 334 g/mol. The lowest BCUT2D eigenvalue weighted by atomic mass is 10.1. The van der Waals surface area contributed by atoms with Crippen LogP contribution in [-0.2, 0) is 10.0 Å². The van der Waals surface area contributed by atoms with Gasteiger partial charge in [-0.3, -0.25) is 4.31 Å². The molecule has 0 spiro atoms. The summed E-state index contributed by atoms with van der Waals surface area (Å²) < 4.78 is 32.4. The summed E-state index contributed by atoms with van der Waals surface area (Å²) in [5.41, 5.74) is 2.68. The number of hydrogen-bond donors (Lipinski definition) is 0.